The molecule has 2 aromatic rings. The first kappa shape index (κ1) is 12.4. The molecule has 0 bridgehead atoms. The van der Waals surface area contributed by atoms with Gasteiger partial charge in [-0.1, -0.05) is 6.92 Å². The largest absolute Gasteiger partial charge is 0.496 e. The SMILES string of the molecule is CCc1cc(-c2nc(C)cc(N)n2)ccc1OC. The summed E-state index contributed by atoms with van der Waals surface area (Å²) in [7, 11) is 1.68. The third-order valence-corrected chi connectivity index (χ3v) is 2.79. The molecule has 18 heavy (non-hydrogen) atoms. The van der Waals surface area contributed by atoms with Crippen LogP contribution in [0.15, 0.2) is 24.3 Å². The number of aryl methyl sites for hydroxylation is 2. The van der Waals surface area contributed by atoms with Gasteiger partial charge in [-0.15, -0.1) is 0 Å². The summed E-state index contributed by atoms with van der Waals surface area (Å²) in [6.45, 7) is 4.00. The lowest BCUT2D eigenvalue weighted by molar-refractivity contribution is 0.410. The second-order valence-electron chi connectivity index (χ2n) is 4.14. The lowest BCUT2D eigenvalue weighted by atomic mass is 10.1. The molecule has 1 aromatic heterocycles. The highest BCUT2D eigenvalue weighted by atomic mass is 16.5. The Balaban J connectivity index is 2.50. The van der Waals surface area contributed by atoms with Crippen molar-refractivity contribution in [3.63, 3.8) is 0 Å². The van der Waals surface area contributed by atoms with Crippen LogP contribution < -0.4 is 10.5 Å². The highest BCUT2D eigenvalue weighted by molar-refractivity contribution is 5.60. The highest BCUT2D eigenvalue weighted by Crippen LogP contribution is 2.25. The summed E-state index contributed by atoms with van der Waals surface area (Å²) >= 11 is 0. The van der Waals surface area contributed by atoms with Crippen LogP contribution in [0.2, 0.25) is 0 Å². The zero-order valence-electron chi connectivity index (χ0n) is 10.9. The first-order valence-electron chi connectivity index (χ1n) is 5.92. The van der Waals surface area contributed by atoms with Crippen LogP contribution in [0.5, 0.6) is 5.75 Å². The standard InChI is InChI=1S/C14H17N3O/c1-4-10-8-11(5-6-12(10)18-3)14-16-9(2)7-13(15)17-14/h5-8H,4H2,1-3H3,(H2,15,16,17). The van der Waals surface area contributed by atoms with Crippen molar-refractivity contribution < 1.29 is 4.74 Å². The van der Waals surface area contributed by atoms with Crippen LogP contribution in [0.4, 0.5) is 5.82 Å². The molecule has 0 spiro atoms. The number of nitrogens with two attached hydrogens (primary N) is 1. The molecular formula is C14H17N3O. The summed E-state index contributed by atoms with van der Waals surface area (Å²) in [6, 6.07) is 7.70. The summed E-state index contributed by atoms with van der Waals surface area (Å²) in [5.41, 5.74) is 8.71. The Morgan fingerprint density at radius 3 is 2.61 bits per heavy atom. The van der Waals surface area contributed by atoms with Crippen LogP contribution >= 0.6 is 0 Å². The maximum atomic E-state index is 5.75. The van der Waals surface area contributed by atoms with Crippen molar-refractivity contribution in [1.82, 2.24) is 9.97 Å². The first-order valence-corrected chi connectivity index (χ1v) is 5.92. The molecule has 0 fully saturated rings. The highest BCUT2D eigenvalue weighted by Gasteiger charge is 2.07. The van der Waals surface area contributed by atoms with Crippen molar-refractivity contribution in [3.8, 4) is 17.1 Å². The molecule has 0 saturated heterocycles. The van der Waals surface area contributed by atoms with Gasteiger partial charge in [0.2, 0.25) is 0 Å². The molecule has 0 amide bonds. The lowest BCUT2D eigenvalue weighted by Crippen LogP contribution is -1.98. The van der Waals surface area contributed by atoms with Gasteiger partial charge in [0.1, 0.15) is 11.6 Å². The molecule has 0 atom stereocenters. The number of methoxy groups -OCH3 is 1. The van der Waals surface area contributed by atoms with Gasteiger partial charge in [0.15, 0.2) is 5.82 Å². The third kappa shape index (κ3) is 2.42. The smallest absolute Gasteiger partial charge is 0.161 e. The zero-order valence-corrected chi connectivity index (χ0v) is 10.9. The molecule has 0 aliphatic carbocycles. The van der Waals surface area contributed by atoms with Crippen molar-refractivity contribution >= 4 is 5.82 Å². The minimum absolute atomic E-state index is 0.492. The Morgan fingerprint density at radius 1 is 1.22 bits per heavy atom. The number of benzene rings is 1. The number of ether oxygens (including phenoxy) is 1. The van der Waals surface area contributed by atoms with E-state index in [1.807, 2.05) is 25.1 Å². The van der Waals surface area contributed by atoms with Crippen LogP contribution in [0, 0.1) is 6.92 Å². The molecule has 2 rings (SSSR count). The van der Waals surface area contributed by atoms with Crippen LogP contribution in [0.1, 0.15) is 18.2 Å². The zero-order chi connectivity index (χ0) is 13.1. The van der Waals surface area contributed by atoms with Gasteiger partial charge < -0.3 is 10.5 Å². The predicted molar refractivity (Wildman–Crippen MR) is 72.5 cm³/mol. The van der Waals surface area contributed by atoms with Gasteiger partial charge in [-0.2, -0.15) is 0 Å². The molecule has 4 heteroatoms. The van der Waals surface area contributed by atoms with E-state index >= 15 is 0 Å². The molecule has 0 saturated carbocycles. The average Bonchev–Trinajstić information content (AvgIpc) is 2.36. The number of anilines is 1. The van der Waals surface area contributed by atoms with Crippen LogP contribution in [0.3, 0.4) is 0 Å². The maximum Gasteiger partial charge on any atom is 0.161 e. The van der Waals surface area contributed by atoms with Crippen molar-refractivity contribution in [1.29, 1.82) is 0 Å². The number of aromatic nitrogens is 2. The van der Waals surface area contributed by atoms with Gasteiger partial charge in [-0.25, -0.2) is 9.97 Å². The van der Waals surface area contributed by atoms with Crippen LogP contribution in [0.25, 0.3) is 11.4 Å². The van der Waals surface area contributed by atoms with E-state index in [1.54, 1.807) is 13.2 Å². The Kier molecular flexibility index (Phi) is 3.46. The fraction of sp³-hybridized carbons (Fsp3) is 0.286. The molecular weight excluding hydrogens is 226 g/mol. The molecule has 2 N–H and O–H groups in total. The fourth-order valence-electron chi connectivity index (χ4n) is 1.92. The van der Waals surface area contributed by atoms with E-state index in [0.29, 0.717) is 11.6 Å². The predicted octanol–water partition coefficient (Wildman–Crippen LogP) is 2.61. The second-order valence-corrected chi connectivity index (χ2v) is 4.14. The molecule has 1 aromatic carbocycles. The van der Waals surface area contributed by atoms with E-state index in [4.69, 9.17) is 10.5 Å². The lowest BCUT2D eigenvalue weighted by Gasteiger charge is -2.09. The maximum absolute atomic E-state index is 5.75. The van der Waals surface area contributed by atoms with E-state index < -0.39 is 0 Å². The van der Waals surface area contributed by atoms with Crippen molar-refractivity contribution in [3.05, 3.63) is 35.5 Å². The Morgan fingerprint density at radius 2 is 2.00 bits per heavy atom. The Hall–Kier alpha value is -2.10. The number of hydrogen-bond acceptors (Lipinski definition) is 4. The normalized spacial score (nSPS) is 10.4. The van der Waals surface area contributed by atoms with Crippen molar-refractivity contribution in [2.24, 2.45) is 0 Å². The summed E-state index contributed by atoms with van der Waals surface area (Å²) < 4.78 is 5.31. The van der Waals surface area contributed by atoms with Gasteiger partial charge in [-0.3, -0.25) is 0 Å². The molecule has 0 radical (unpaired) electrons. The van der Waals surface area contributed by atoms with Crippen LogP contribution in [-0.2, 0) is 6.42 Å². The average molecular weight is 243 g/mol. The first-order chi connectivity index (χ1) is 8.63. The molecule has 0 aliphatic rings. The third-order valence-electron chi connectivity index (χ3n) is 2.79. The molecule has 0 aliphatic heterocycles. The Labute approximate surface area is 107 Å². The quantitative estimate of drug-likeness (QED) is 0.900. The van der Waals surface area contributed by atoms with Crippen molar-refractivity contribution in [2.45, 2.75) is 20.3 Å². The van der Waals surface area contributed by atoms with Gasteiger partial charge in [0, 0.05) is 17.3 Å². The number of nitrogen functional groups attached to an aromatic ring is 1. The van der Waals surface area contributed by atoms with E-state index in [0.717, 1.165) is 29.0 Å². The molecule has 94 valence electrons. The fourth-order valence-corrected chi connectivity index (χ4v) is 1.92. The summed E-state index contributed by atoms with van der Waals surface area (Å²) in [5, 5.41) is 0. The van der Waals surface area contributed by atoms with Crippen LogP contribution in [-0.4, -0.2) is 17.1 Å². The Bertz CT molecular complexity index is 547. The van der Waals surface area contributed by atoms with Gasteiger partial charge in [-0.05, 0) is 37.1 Å². The van der Waals surface area contributed by atoms with Gasteiger partial charge in [0.25, 0.3) is 0 Å². The minimum atomic E-state index is 0.492. The van der Waals surface area contributed by atoms with Crippen molar-refractivity contribution in [2.75, 3.05) is 12.8 Å². The minimum Gasteiger partial charge on any atom is -0.496 e. The molecule has 0 unspecified atom stereocenters. The molecule has 4 nitrogen and oxygen atoms in total. The number of hydrogen-bond donors (Lipinski definition) is 1. The molecule has 1 heterocycles. The topological polar surface area (TPSA) is 61.0 Å². The number of rotatable bonds is 3. The number of nitrogens with zero attached hydrogens (tertiary/aromatic N) is 2. The van der Waals surface area contributed by atoms with E-state index in [1.165, 1.54) is 0 Å². The summed E-state index contributed by atoms with van der Waals surface area (Å²) in [4.78, 5) is 8.66. The second kappa shape index (κ2) is 5.04. The van der Waals surface area contributed by atoms with E-state index in [9.17, 15) is 0 Å². The summed E-state index contributed by atoms with van der Waals surface area (Å²) in [5.74, 6) is 2.04. The van der Waals surface area contributed by atoms with Gasteiger partial charge in [0.05, 0.1) is 7.11 Å². The summed E-state index contributed by atoms with van der Waals surface area (Å²) in [6.07, 6.45) is 0.901. The van der Waals surface area contributed by atoms with E-state index in [2.05, 4.69) is 16.9 Å². The van der Waals surface area contributed by atoms with Gasteiger partial charge >= 0.3 is 0 Å². The monoisotopic (exact) mass is 243 g/mol. The van der Waals surface area contributed by atoms with E-state index in [-0.39, 0.29) is 0 Å².